The smallest absolute Gasteiger partial charge is 0.267 e. The maximum atomic E-state index is 11.2. The minimum atomic E-state index is -0.401. The van der Waals surface area contributed by atoms with Gasteiger partial charge in [-0.1, -0.05) is 0 Å². The van der Waals surface area contributed by atoms with Crippen molar-refractivity contribution in [2.75, 3.05) is 7.05 Å². The van der Waals surface area contributed by atoms with Crippen LogP contribution in [-0.2, 0) is 9.08 Å². The Morgan fingerprint density at radius 1 is 1.75 bits per heavy atom. The molecule has 1 aliphatic heterocycles. The molecular formula is C6H12N2O3S. The van der Waals surface area contributed by atoms with Gasteiger partial charge in [-0.25, -0.2) is 0 Å². The molecule has 0 aromatic heterocycles. The molecule has 6 heteroatoms. The second-order valence-corrected chi connectivity index (χ2v) is 3.46. The minimum absolute atomic E-state index is 0.163. The van der Waals surface area contributed by atoms with Gasteiger partial charge < -0.3 is 9.87 Å². The molecule has 2 N–H and O–H groups in total. The number of hydrogen-bond donors (Lipinski definition) is 2. The topological polar surface area (TPSA) is 61.8 Å². The van der Waals surface area contributed by atoms with Crippen LogP contribution in [0.4, 0.5) is 0 Å². The minimum Gasteiger partial charge on any atom is -0.307 e. The van der Waals surface area contributed by atoms with Crippen molar-refractivity contribution >= 4 is 18.2 Å². The van der Waals surface area contributed by atoms with E-state index in [1.807, 2.05) is 13.8 Å². The largest absolute Gasteiger partial charge is 0.307 e. The van der Waals surface area contributed by atoms with E-state index in [1.54, 1.807) is 7.05 Å². The third-order valence-corrected chi connectivity index (χ3v) is 2.29. The summed E-state index contributed by atoms with van der Waals surface area (Å²) < 4.78 is 13.0. The van der Waals surface area contributed by atoms with Gasteiger partial charge in [0.15, 0.2) is 12.3 Å². The van der Waals surface area contributed by atoms with Crippen molar-refractivity contribution in [2.24, 2.45) is 0 Å². The Bertz CT molecular complexity index is 197. The molecule has 1 amide bonds. The lowest BCUT2D eigenvalue weighted by Crippen LogP contribution is -2.74. The van der Waals surface area contributed by atoms with E-state index in [0.717, 1.165) is 5.06 Å². The highest BCUT2D eigenvalue weighted by molar-refractivity contribution is 7.88. The van der Waals surface area contributed by atoms with Gasteiger partial charge in [-0.2, -0.15) is 9.35 Å². The van der Waals surface area contributed by atoms with Crippen LogP contribution < -0.4 is 5.32 Å². The highest BCUT2D eigenvalue weighted by atomic mass is 32.2. The number of nitrogens with one attached hydrogen (secondary N) is 1. The SMILES string of the molecule is CN[C@@H]1C(=O)N(OSO)C1(C)C. The number of rotatable bonds is 3. The Morgan fingerprint density at radius 3 is 2.67 bits per heavy atom. The van der Waals surface area contributed by atoms with Gasteiger partial charge in [0, 0.05) is 0 Å². The van der Waals surface area contributed by atoms with Crippen molar-refractivity contribution in [1.82, 2.24) is 10.4 Å². The van der Waals surface area contributed by atoms with E-state index >= 15 is 0 Å². The molecule has 1 atom stereocenters. The fraction of sp³-hybridized carbons (Fsp3) is 0.833. The van der Waals surface area contributed by atoms with Crippen LogP contribution in [0.2, 0.25) is 0 Å². The fourth-order valence-corrected chi connectivity index (χ4v) is 1.73. The Hall–Kier alpha value is -0.300. The van der Waals surface area contributed by atoms with Gasteiger partial charge in [0.25, 0.3) is 5.91 Å². The molecule has 0 radical (unpaired) electrons. The van der Waals surface area contributed by atoms with Gasteiger partial charge in [0.2, 0.25) is 0 Å². The van der Waals surface area contributed by atoms with E-state index in [4.69, 9.17) is 4.55 Å². The highest BCUT2D eigenvalue weighted by Gasteiger charge is 2.55. The van der Waals surface area contributed by atoms with Crippen LogP contribution in [0.5, 0.6) is 0 Å². The number of carbonyl (C=O) groups excluding carboxylic acids is 1. The molecule has 0 saturated carbocycles. The van der Waals surface area contributed by atoms with Gasteiger partial charge in [-0.15, -0.1) is 0 Å². The summed E-state index contributed by atoms with van der Waals surface area (Å²) in [6, 6.07) is -0.232. The maximum Gasteiger partial charge on any atom is 0.267 e. The summed E-state index contributed by atoms with van der Waals surface area (Å²) >= 11 is 0.181. The van der Waals surface area contributed by atoms with Crippen LogP contribution in [0.15, 0.2) is 0 Å². The zero-order valence-corrected chi connectivity index (χ0v) is 8.01. The summed E-state index contributed by atoms with van der Waals surface area (Å²) in [4.78, 5) is 11.2. The lowest BCUT2D eigenvalue weighted by Gasteiger charge is -2.50. The third kappa shape index (κ3) is 1.20. The fourth-order valence-electron chi connectivity index (χ4n) is 1.40. The third-order valence-electron chi connectivity index (χ3n) is 2.07. The number of likely N-dealkylation sites (N-methyl/N-ethyl adjacent to an activating group) is 1. The Morgan fingerprint density at radius 2 is 2.33 bits per heavy atom. The lowest BCUT2D eigenvalue weighted by atomic mass is 9.85. The molecule has 5 nitrogen and oxygen atoms in total. The van der Waals surface area contributed by atoms with Crippen LogP contribution in [0.3, 0.4) is 0 Å². The summed E-state index contributed by atoms with van der Waals surface area (Å²) in [5.74, 6) is -0.163. The van der Waals surface area contributed by atoms with Gasteiger partial charge in [0.05, 0.1) is 5.54 Å². The van der Waals surface area contributed by atoms with Crippen molar-refractivity contribution < 1.29 is 13.6 Å². The molecule has 1 aliphatic rings. The molecular weight excluding hydrogens is 180 g/mol. The molecule has 0 aliphatic carbocycles. The highest BCUT2D eigenvalue weighted by Crippen LogP contribution is 2.33. The van der Waals surface area contributed by atoms with E-state index in [-0.39, 0.29) is 24.3 Å². The van der Waals surface area contributed by atoms with Crippen LogP contribution in [0.25, 0.3) is 0 Å². The average Bonchev–Trinajstić information content (AvgIpc) is 2.00. The normalized spacial score (nSPS) is 27.2. The van der Waals surface area contributed by atoms with E-state index in [0.29, 0.717) is 0 Å². The van der Waals surface area contributed by atoms with Gasteiger partial charge in [-0.3, -0.25) is 4.79 Å². The van der Waals surface area contributed by atoms with Gasteiger partial charge in [0.1, 0.15) is 6.04 Å². The van der Waals surface area contributed by atoms with Crippen LogP contribution >= 0.6 is 12.3 Å². The summed E-state index contributed by atoms with van der Waals surface area (Å²) in [7, 11) is 1.72. The van der Waals surface area contributed by atoms with Crippen LogP contribution in [0, 0.1) is 0 Å². The first-order valence-corrected chi connectivity index (χ1v) is 4.25. The zero-order valence-electron chi connectivity index (χ0n) is 7.20. The standard InChI is InChI=1S/C6H12N2O3S/c1-6(2)4(7-3)5(9)8(6)11-12-10/h4,7,10H,1-3H3/t4-/m1/s1. The predicted molar refractivity (Wildman–Crippen MR) is 45.1 cm³/mol. The first-order valence-electron chi connectivity index (χ1n) is 3.55. The van der Waals surface area contributed by atoms with E-state index in [9.17, 15) is 4.79 Å². The van der Waals surface area contributed by atoms with Gasteiger partial charge in [-0.05, 0) is 20.9 Å². The van der Waals surface area contributed by atoms with Crippen molar-refractivity contribution in [2.45, 2.75) is 25.4 Å². The first kappa shape index (κ1) is 9.79. The van der Waals surface area contributed by atoms with E-state index < -0.39 is 5.54 Å². The maximum absolute atomic E-state index is 11.2. The summed E-state index contributed by atoms with van der Waals surface area (Å²) in [5.41, 5.74) is -0.401. The van der Waals surface area contributed by atoms with E-state index in [1.165, 1.54) is 0 Å². The first-order chi connectivity index (χ1) is 5.55. The van der Waals surface area contributed by atoms with E-state index in [2.05, 4.69) is 9.60 Å². The van der Waals surface area contributed by atoms with Crippen molar-refractivity contribution in [3.8, 4) is 0 Å². The number of hydroxylamine groups is 2. The predicted octanol–water partition coefficient (Wildman–Crippen LogP) is 0.248. The van der Waals surface area contributed by atoms with Crippen LogP contribution in [0.1, 0.15) is 13.8 Å². The van der Waals surface area contributed by atoms with Gasteiger partial charge >= 0.3 is 0 Å². The van der Waals surface area contributed by atoms with Crippen molar-refractivity contribution in [3.05, 3.63) is 0 Å². The molecule has 1 fully saturated rings. The molecule has 1 rings (SSSR count). The molecule has 1 saturated heterocycles. The Balaban J connectivity index is 2.63. The Labute approximate surface area is 75.4 Å². The molecule has 1 heterocycles. The Kier molecular flexibility index (Phi) is 2.62. The van der Waals surface area contributed by atoms with Crippen molar-refractivity contribution in [3.63, 3.8) is 0 Å². The summed E-state index contributed by atoms with van der Waals surface area (Å²) in [6.45, 7) is 3.71. The van der Waals surface area contributed by atoms with Crippen LogP contribution in [-0.4, -0.2) is 34.2 Å². The molecule has 0 bridgehead atoms. The zero-order chi connectivity index (χ0) is 9.35. The summed E-state index contributed by atoms with van der Waals surface area (Å²) in [5, 5.41) is 4.02. The number of carbonyl (C=O) groups is 1. The molecule has 0 aromatic carbocycles. The number of nitrogens with zero attached hydrogens (tertiary/aromatic N) is 1. The number of β-lactam (4-membered cyclic amide) rings is 1. The molecule has 70 valence electrons. The second-order valence-electron chi connectivity index (χ2n) is 3.16. The second kappa shape index (κ2) is 3.21. The molecule has 0 aromatic rings. The van der Waals surface area contributed by atoms with Crippen molar-refractivity contribution in [1.29, 1.82) is 0 Å². The lowest BCUT2D eigenvalue weighted by molar-refractivity contribution is -0.213. The molecule has 0 unspecified atom stereocenters. The number of hydrogen-bond acceptors (Lipinski definition) is 5. The quantitative estimate of drug-likeness (QED) is 0.495. The monoisotopic (exact) mass is 192 g/mol. The summed E-state index contributed by atoms with van der Waals surface area (Å²) in [6.07, 6.45) is 0. The molecule has 12 heavy (non-hydrogen) atoms. The number of amides is 1. The average molecular weight is 192 g/mol. The molecule has 0 spiro atoms.